The Kier molecular flexibility index (Phi) is 8.11. The first-order valence-corrected chi connectivity index (χ1v) is 10.6. The third-order valence-electron chi connectivity index (χ3n) is 5.16. The van der Waals surface area contributed by atoms with Gasteiger partial charge in [-0.1, -0.05) is 35.5 Å². The summed E-state index contributed by atoms with van der Waals surface area (Å²) in [6.45, 7) is 3.74. The van der Waals surface area contributed by atoms with Gasteiger partial charge in [0.15, 0.2) is 5.78 Å². The van der Waals surface area contributed by atoms with Crippen LogP contribution in [0, 0.1) is 6.92 Å². The third-order valence-corrected chi connectivity index (χ3v) is 5.16. The number of rotatable bonds is 6. The maximum absolute atomic E-state index is 12.2. The molecule has 0 bridgehead atoms. The Morgan fingerprint density at radius 1 is 1.21 bits per heavy atom. The van der Waals surface area contributed by atoms with Gasteiger partial charge < -0.3 is 14.9 Å². The highest BCUT2D eigenvalue weighted by Gasteiger charge is 2.38. The average Bonchev–Trinajstić information content (AvgIpc) is 3.27. The van der Waals surface area contributed by atoms with Crippen molar-refractivity contribution in [1.29, 1.82) is 0 Å². The van der Waals surface area contributed by atoms with Crippen molar-refractivity contribution in [2.75, 3.05) is 6.54 Å². The predicted molar refractivity (Wildman–Crippen MR) is 115 cm³/mol. The summed E-state index contributed by atoms with van der Waals surface area (Å²) >= 11 is 0. The number of nitrogens with one attached hydrogen (secondary N) is 1. The van der Waals surface area contributed by atoms with Crippen LogP contribution in [0.4, 0.5) is 13.2 Å². The quantitative estimate of drug-likeness (QED) is 0.514. The van der Waals surface area contributed by atoms with Gasteiger partial charge in [0, 0.05) is 42.4 Å². The van der Waals surface area contributed by atoms with Crippen molar-refractivity contribution >= 4 is 11.8 Å². The summed E-state index contributed by atoms with van der Waals surface area (Å²) in [6.07, 6.45) is -0.479. The molecule has 0 aliphatic carbocycles. The first kappa shape index (κ1) is 25.0. The number of carbonyl (C=O) groups is 2. The molecular weight excluding hydrogens is 453 g/mol. The van der Waals surface area contributed by atoms with E-state index >= 15 is 0 Å². The van der Waals surface area contributed by atoms with Crippen LogP contribution in [-0.2, 0) is 24.2 Å². The minimum absolute atomic E-state index is 0.139. The molecule has 3 heterocycles. The van der Waals surface area contributed by atoms with E-state index in [1.54, 1.807) is 0 Å². The fourth-order valence-corrected chi connectivity index (χ4v) is 3.49. The monoisotopic (exact) mass is 476 g/mol. The smallest absolute Gasteiger partial charge is 0.475 e. The second-order valence-electron chi connectivity index (χ2n) is 7.61. The number of hydrogen-bond donors (Lipinski definition) is 2. The normalized spacial score (nSPS) is 12.9. The van der Waals surface area contributed by atoms with E-state index in [0.717, 1.165) is 36.3 Å². The zero-order chi connectivity index (χ0) is 24.7. The van der Waals surface area contributed by atoms with Crippen LogP contribution in [0.5, 0.6) is 0 Å². The van der Waals surface area contributed by atoms with Gasteiger partial charge in [-0.3, -0.25) is 9.78 Å². The van der Waals surface area contributed by atoms with Crippen molar-refractivity contribution in [3.05, 3.63) is 64.8 Å². The van der Waals surface area contributed by atoms with Crippen LogP contribution >= 0.6 is 0 Å². The lowest BCUT2D eigenvalue weighted by atomic mass is 9.95. The molecule has 0 amide bonds. The van der Waals surface area contributed by atoms with Gasteiger partial charge in [-0.2, -0.15) is 18.2 Å². The zero-order valence-electron chi connectivity index (χ0n) is 18.4. The predicted octanol–water partition coefficient (Wildman–Crippen LogP) is 3.92. The van der Waals surface area contributed by atoms with Crippen molar-refractivity contribution in [2.24, 2.45) is 0 Å². The number of carboxylic acid groups (broad SMARTS) is 1. The van der Waals surface area contributed by atoms with E-state index in [0.29, 0.717) is 31.0 Å². The van der Waals surface area contributed by atoms with Gasteiger partial charge in [-0.05, 0) is 37.4 Å². The zero-order valence-corrected chi connectivity index (χ0v) is 18.4. The SMILES string of the molecule is Cc1ncc2c(c1-c1noc(CCCC(=O)c3ccccc3)n1)CCNC2.O=C(O)C(F)(F)F. The third kappa shape index (κ3) is 6.47. The second-order valence-corrected chi connectivity index (χ2v) is 7.61. The number of fused-ring (bicyclic) bond motifs is 1. The lowest BCUT2D eigenvalue weighted by molar-refractivity contribution is -0.192. The van der Waals surface area contributed by atoms with Gasteiger partial charge in [-0.15, -0.1) is 0 Å². The molecule has 180 valence electrons. The first-order chi connectivity index (χ1) is 16.2. The molecule has 0 atom stereocenters. The van der Waals surface area contributed by atoms with Crippen molar-refractivity contribution in [3.63, 3.8) is 0 Å². The summed E-state index contributed by atoms with van der Waals surface area (Å²) in [5, 5.41) is 14.7. The van der Waals surface area contributed by atoms with Gasteiger partial charge in [-0.25, -0.2) is 4.79 Å². The fraction of sp³-hybridized carbons (Fsp3) is 0.348. The van der Waals surface area contributed by atoms with Gasteiger partial charge in [0.1, 0.15) is 0 Å². The molecule has 34 heavy (non-hydrogen) atoms. The number of Topliss-reactive ketones (excluding diaryl/α,β-unsaturated/α-hetero) is 1. The van der Waals surface area contributed by atoms with E-state index in [4.69, 9.17) is 14.4 Å². The van der Waals surface area contributed by atoms with Crippen molar-refractivity contribution < 1.29 is 32.4 Å². The average molecular weight is 476 g/mol. The molecule has 0 radical (unpaired) electrons. The highest BCUT2D eigenvalue weighted by atomic mass is 19.4. The molecule has 2 aromatic heterocycles. The minimum Gasteiger partial charge on any atom is -0.475 e. The number of benzene rings is 1. The molecule has 8 nitrogen and oxygen atoms in total. The Bertz CT molecular complexity index is 1150. The molecule has 11 heteroatoms. The lowest BCUT2D eigenvalue weighted by Gasteiger charge is -2.19. The molecule has 3 aromatic rings. The number of aryl methyl sites for hydroxylation is 2. The van der Waals surface area contributed by atoms with Gasteiger partial charge in [0.2, 0.25) is 11.7 Å². The van der Waals surface area contributed by atoms with Gasteiger partial charge in [0.05, 0.1) is 0 Å². The lowest BCUT2D eigenvalue weighted by Crippen LogP contribution is -2.24. The molecular formula is C23H23F3N4O4. The summed E-state index contributed by atoms with van der Waals surface area (Å²) in [4.78, 5) is 30.1. The Labute approximate surface area is 193 Å². The van der Waals surface area contributed by atoms with Crippen LogP contribution in [0.3, 0.4) is 0 Å². The van der Waals surface area contributed by atoms with E-state index in [2.05, 4.69) is 20.4 Å². The standard InChI is InChI=1S/C21H22N4O2.C2HF3O2/c1-14-20(17-10-11-22-12-16(17)13-23-14)21-24-19(27-25-21)9-5-8-18(26)15-6-3-2-4-7-15;3-2(4,5)1(6)7/h2-4,6-7,13,22H,5,8-12H2,1H3;(H,6,7). The molecule has 0 saturated carbocycles. The highest BCUT2D eigenvalue weighted by molar-refractivity contribution is 5.95. The number of ketones is 1. The van der Waals surface area contributed by atoms with Crippen molar-refractivity contribution in [3.8, 4) is 11.4 Å². The Hall–Kier alpha value is -3.60. The number of carbonyl (C=O) groups excluding carboxylic acids is 1. The van der Waals surface area contributed by atoms with Crippen LogP contribution in [0.25, 0.3) is 11.4 Å². The summed E-state index contributed by atoms with van der Waals surface area (Å²) in [7, 11) is 0. The highest BCUT2D eigenvalue weighted by Crippen LogP contribution is 2.28. The Morgan fingerprint density at radius 3 is 2.59 bits per heavy atom. The minimum atomic E-state index is -5.08. The first-order valence-electron chi connectivity index (χ1n) is 10.6. The van der Waals surface area contributed by atoms with E-state index in [1.807, 2.05) is 43.5 Å². The van der Waals surface area contributed by atoms with E-state index in [-0.39, 0.29) is 5.78 Å². The summed E-state index contributed by atoms with van der Waals surface area (Å²) in [6, 6.07) is 9.35. The molecule has 0 saturated heterocycles. The molecule has 1 aromatic carbocycles. The molecule has 0 fully saturated rings. The number of alkyl halides is 3. The Balaban J connectivity index is 0.000000406. The second kappa shape index (κ2) is 11.0. The Morgan fingerprint density at radius 2 is 1.91 bits per heavy atom. The largest absolute Gasteiger partial charge is 0.490 e. The van der Waals surface area contributed by atoms with Gasteiger partial charge >= 0.3 is 12.1 Å². The summed E-state index contributed by atoms with van der Waals surface area (Å²) in [5.41, 5.74) is 5.11. The van der Waals surface area contributed by atoms with Crippen LogP contribution in [0.15, 0.2) is 41.1 Å². The molecule has 0 spiro atoms. The number of nitrogens with zero attached hydrogens (tertiary/aromatic N) is 3. The van der Waals surface area contributed by atoms with E-state index in [1.165, 1.54) is 11.1 Å². The number of pyridine rings is 1. The van der Waals surface area contributed by atoms with E-state index < -0.39 is 12.1 Å². The topological polar surface area (TPSA) is 118 Å². The maximum atomic E-state index is 12.2. The number of aromatic nitrogens is 3. The molecule has 1 aliphatic heterocycles. The van der Waals surface area contributed by atoms with Crippen LogP contribution in [-0.4, -0.2) is 44.7 Å². The molecule has 1 aliphatic rings. The number of carboxylic acids is 1. The fourth-order valence-electron chi connectivity index (χ4n) is 3.49. The molecule has 0 unspecified atom stereocenters. The van der Waals surface area contributed by atoms with E-state index in [9.17, 15) is 18.0 Å². The number of aliphatic carboxylic acids is 1. The van der Waals surface area contributed by atoms with Crippen LogP contribution < -0.4 is 5.32 Å². The summed E-state index contributed by atoms with van der Waals surface area (Å²) in [5.74, 6) is -1.45. The molecule has 4 rings (SSSR count). The number of halogens is 3. The van der Waals surface area contributed by atoms with Crippen molar-refractivity contribution in [1.82, 2.24) is 20.4 Å². The van der Waals surface area contributed by atoms with Gasteiger partial charge in [0.25, 0.3) is 0 Å². The van der Waals surface area contributed by atoms with Crippen molar-refractivity contribution in [2.45, 2.75) is 45.3 Å². The molecule has 2 N–H and O–H groups in total. The summed E-state index contributed by atoms with van der Waals surface area (Å²) < 4.78 is 37.2. The number of hydrogen-bond acceptors (Lipinski definition) is 7. The van der Waals surface area contributed by atoms with Crippen LogP contribution in [0.1, 0.15) is 45.9 Å². The maximum Gasteiger partial charge on any atom is 0.490 e. The van der Waals surface area contributed by atoms with Crippen LogP contribution in [0.2, 0.25) is 0 Å².